The number of hydrogen-bond acceptors (Lipinski definition) is 4. The number of carbonyl (C=O) groups is 4. The predicted molar refractivity (Wildman–Crippen MR) is 62.6 cm³/mol. The van der Waals surface area contributed by atoms with Crippen LogP contribution in [0, 0.1) is 0 Å². The summed E-state index contributed by atoms with van der Waals surface area (Å²) in [5.74, 6) is -2.24. The highest BCUT2D eigenvalue weighted by atomic mass is 16.2. The van der Waals surface area contributed by atoms with Gasteiger partial charge in [0.25, 0.3) is 0 Å². The van der Waals surface area contributed by atoms with Gasteiger partial charge in [0.2, 0.25) is 23.6 Å². The lowest BCUT2D eigenvalue weighted by Gasteiger charge is -2.14. The van der Waals surface area contributed by atoms with E-state index in [1.165, 1.54) is 0 Å². The van der Waals surface area contributed by atoms with Crippen LogP contribution in [-0.4, -0.2) is 29.7 Å². The summed E-state index contributed by atoms with van der Waals surface area (Å²) in [7, 11) is 0. The van der Waals surface area contributed by atoms with E-state index in [1.807, 2.05) is 0 Å². The standard InChI is InChI=1S/C10H18N4O4/c11-7(15)2-1-3-9(17)14-6(10(13)18)4-5-8(12)16/h6H,1-5H2,(H2,11,15)(H2,12,16)(H2,13,18)(H,14,17)/t6-/m0/s1. The van der Waals surface area contributed by atoms with Crippen molar-refractivity contribution >= 4 is 23.6 Å². The molecule has 0 saturated heterocycles. The number of primary amides is 3. The fourth-order valence-electron chi connectivity index (χ4n) is 1.26. The van der Waals surface area contributed by atoms with Crippen LogP contribution < -0.4 is 22.5 Å². The molecule has 0 spiro atoms. The highest BCUT2D eigenvalue weighted by Gasteiger charge is 2.18. The maximum atomic E-state index is 11.4. The van der Waals surface area contributed by atoms with Gasteiger partial charge in [-0.05, 0) is 12.8 Å². The second-order valence-corrected chi connectivity index (χ2v) is 3.85. The Morgan fingerprint density at radius 3 is 1.89 bits per heavy atom. The number of nitrogens with two attached hydrogens (primary N) is 3. The lowest BCUT2D eigenvalue weighted by Crippen LogP contribution is -2.44. The third kappa shape index (κ3) is 8.08. The molecule has 1 atom stereocenters. The molecule has 18 heavy (non-hydrogen) atoms. The molecule has 0 unspecified atom stereocenters. The van der Waals surface area contributed by atoms with Gasteiger partial charge in [0.1, 0.15) is 6.04 Å². The molecule has 8 nitrogen and oxygen atoms in total. The molecule has 0 aliphatic carbocycles. The van der Waals surface area contributed by atoms with Crippen LogP contribution in [0.4, 0.5) is 0 Å². The molecule has 0 aromatic heterocycles. The minimum absolute atomic E-state index is 0.0465. The van der Waals surface area contributed by atoms with Gasteiger partial charge in [-0.15, -0.1) is 0 Å². The van der Waals surface area contributed by atoms with Gasteiger partial charge in [0.15, 0.2) is 0 Å². The lowest BCUT2D eigenvalue weighted by atomic mass is 10.1. The van der Waals surface area contributed by atoms with Crippen molar-refractivity contribution in [3.63, 3.8) is 0 Å². The fourth-order valence-corrected chi connectivity index (χ4v) is 1.26. The van der Waals surface area contributed by atoms with E-state index in [1.54, 1.807) is 0 Å². The average molecular weight is 258 g/mol. The van der Waals surface area contributed by atoms with E-state index in [0.29, 0.717) is 6.42 Å². The van der Waals surface area contributed by atoms with Crippen LogP contribution in [-0.2, 0) is 19.2 Å². The third-order valence-electron chi connectivity index (χ3n) is 2.19. The Morgan fingerprint density at radius 1 is 0.889 bits per heavy atom. The first kappa shape index (κ1) is 15.9. The Kier molecular flexibility index (Phi) is 7.10. The van der Waals surface area contributed by atoms with E-state index >= 15 is 0 Å². The summed E-state index contributed by atoms with van der Waals surface area (Å²) in [6.07, 6.45) is 0.461. The molecule has 0 heterocycles. The zero-order valence-corrected chi connectivity index (χ0v) is 9.98. The maximum absolute atomic E-state index is 11.4. The molecule has 0 rings (SSSR count). The van der Waals surface area contributed by atoms with Crippen molar-refractivity contribution in [3.8, 4) is 0 Å². The van der Waals surface area contributed by atoms with E-state index < -0.39 is 29.7 Å². The van der Waals surface area contributed by atoms with Gasteiger partial charge in [-0.25, -0.2) is 0 Å². The normalized spacial score (nSPS) is 11.6. The van der Waals surface area contributed by atoms with Crippen molar-refractivity contribution in [1.82, 2.24) is 5.32 Å². The highest BCUT2D eigenvalue weighted by molar-refractivity contribution is 5.87. The second-order valence-electron chi connectivity index (χ2n) is 3.85. The van der Waals surface area contributed by atoms with Crippen molar-refractivity contribution in [1.29, 1.82) is 0 Å². The Bertz CT molecular complexity index is 343. The second kappa shape index (κ2) is 8.04. The van der Waals surface area contributed by atoms with Gasteiger partial charge >= 0.3 is 0 Å². The average Bonchev–Trinajstić information content (AvgIpc) is 2.22. The number of nitrogens with one attached hydrogen (secondary N) is 1. The first-order chi connectivity index (χ1) is 8.32. The van der Waals surface area contributed by atoms with Gasteiger partial charge < -0.3 is 22.5 Å². The third-order valence-corrected chi connectivity index (χ3v) is 2.19. The van der Waals surface area contributed by atoms with Crippen LogP contribution in [0.5, 0.6) is 0 Å². The summed E-state index contributed by atoms with van der Waals surface area (Å²) in [6, 6.07) is -0.932. The minimum Gasteiger partial charge on any atom is -0.370 e. The van der Waals surface area contributed by atoms with Gasteiger partial charge in [0, 0.05) is 19.3 Å². The first-order valence-corrected chi connectivity index (χ1v) is 5.48. The van der Waals surface area contributed by atoms with Crippen molar-refractivity contribution in [3.05, 3.63) is 0 Å². The summed E-state index contributed by atoms with van der Waals surface area (Å²) in [4.78, 5) is 43.4. The van der Waals surface area contributed by atoms with E-state index in [9.17, 15) is 19.2 Å². The topological polar surface area (TPSA) is 158 Å². The van der Waals surface area contributed by atoms with Crippen LogP contribution >= 0.6 is 0 Å². The van der Waals surface area contributed by atoms with Gasteiger partial charge in [0.05, 0.1) is 0 Å². The van der Waals surface area contributed by atoms with E-state index in [-0.39, 0.29) is 25.7 Å². The molecular weight excluding hydrogens is 240 g/mol. The van der Waals surface area contributed by atoms with Crippen LogP contribution in [0.3, 0.4) is 0 Å². The number of rotatable bonds is 9. The number of carbonyl (C=O) groups excluding carboxylic acids is 4. The van der Waals surface area contributed by atoms with Gasteiger partial charge in [-0.3, -0.25) is 19.2 Å². The predicted octanol–water partition coefficient (Wildman–Crippen LogP) is -2.12. The van der Waals surface area contributed by atoms with Crippen molar-refractivity contribution in [2.45, 2.75) is 38.1 Å². The van der Waals surface area contributed by atoms with Crippen LogP contribution in [0.25, 0.3) is 0 Å². The molecule has 0 fully saturated rings. The molecule has 102 valence electrons. The van der Waals surface area contributed by atoms with Crippen LogP contribution in [0.2, 0.25) is 0 Å². The summed E-state index contributed by atoms with van der Waals surface area (Å²) in [5.41, 5.74) is 14.9. The van der Waals surface area contributed by atoms with Gasteiger partial charge in [-0.1, -0.05) is 0 Å². The fraction of sp³-hybridized carbons (Fsp3) is 0.600. The summed E-state index contributed by atoms with van der Waals surface area (Å²) in [5, 5.41) is 2.37. The molecular formula is C10H18N4O4. The van der Waals surface area contributed by atoms with Crippen LogP contribution in [0.15, 0.2) is 0 Å². The largest absolute Gasteiger partial charge is 0.370 e. The van der Waals surface area contributed by atoms with Crippen molar-refractivity contribution in [2.75, 3.05) is 0 Å². The highest BCUT2D eigenvalue weighted by Crippen LogP contribution is 1.99. The molecule has 8 heteroatoms. The molecule has 0 aromatic rings. The van der Waals surface area contributed by atoms with E-state index in [4.69, 9.17) is 17.2 Å². The molecule has 0 aromatic carbocycles. The van der Waals surface area contributed by atoms with Crippen LogP contribution in [0.1, 0.15) is 32.1 Å². The minimum atomic E-state index is -0.932. The Labute approximate surface area is 104 Å². The molecule has 0 bridgehead atoms. The molecule has 7 N–H and O–H groups in total. The van der Waals surface area contributed by atoms with Gasteiger partial charge in [-0.2, -0.15) is 0 Å². The van der Waals surface area contributed by atoms with Crippen molar-refractivity contribution < 1.29 is 19.2 Å². The summed E-state index contributed by atoms with van der Waals surface area (Å²) < 4.78 is 0. The zero-order chi connectivity index (χ0) is 14.1. The Hall–Kier alpha value is -2.12. The Balaban J connectivity index is 4.07. The smallest absolute Gasteiger partial charge is 0.240 e. The summed E-state index contributed by atoms with van der Waals surface area (Å²) >= 11 is 0. The monoisotopic (exact) mass is 258 g/mol. The SMILES string of the molecule is NC(=O)CCCC(=O)N[C@@H](CCC(N)=O)C(N)=O. The number of hydrogen-bond donors (Lipinski definition) is 4. The molecule has 0 saturated carbocycles. The Morgan fingerprint density at radius 2 is 1.44 bits per heavy atom. The quantitative estimate of drug-likeness (QED) is 0.372. The molecule has 0 aliphatic heterocycles. The molecule has 0 radical (unpaired) electrons. The lowest BCUT2D eigenvalue weighted by molar-refractivity contribution is -0.128. The number of amides is 4. The van der Waals surface area contributed by atoms with E-state index in [2.05, 4.69) is 5.32 Å². The summed E-state index contributed by atoms with van der Waals surface area (Å²) in [6.45, 7) is 0. The molecule has 0 aliphatic rings. The van der Waals surface area contributed by atoms with E-state index in [0.717, 1.165) is 0 Å². The van der Waals surface area contributed by atoms with Crippen molar-refractivity contribution in [2.24, 2.45) is 17.2 Å². The zero-order valence-electron chi connectivity index (χ0n) is 9.98. The maximum Gasteiger partial charge on any atom is 0.240 e. The first-order valence-electron chi connectivity index (χ1n) is 5.48. The molecule has 4 amide bonds.